The van der Waals surface area contributed by atoms with Crippen molar-refractivity contribution in [2.45, 2.75) is 11.1 Å². The van der Waals surface area contributed by atoms with Crippen molar-refractivity contribution in [1.29, 1.82) is 0 Å². The van der Waals surface area contributed by atoms with Gasteiger partial charge in [-0.3, -0.25) is 4.72 Å². The molecule has 1 aromatic heterocycles. The molecule has 0 saturated carbocycles. The van der Waals surface area contributed by atoms with Crippen molar-refractivity contribution in [1.82, 2.24) is 0 Å². The van der Waals surface area contributed by atoms with Gasteiger partial charge in [0.05, 0.1) is 21.6 Å². The van der Waals surface area contributed by atoms with Crippen molar-refractivity contribution >= 4 is 54.6 Å². The normalized spacial score (nSPS) is 11.4. The summed E-state index contributed by atoms with van der Waals surface area (Å²) in [5.41, 5.74) is 1.15. The quantitative estimate of drug-likeness (QED) is 0.839. The van der Waals surface area contributed by atoms with Gasteiger partial charge in [-0.15, -0.1) is 11.3 Å². The van der Waals surface area contributed by atoms with E-state index < -0.39 is 10.0 Å². The van der Waals surface area contributed by atoms with Crippen LogP contribution < -0.4 is 9.46 Å². The van der Waals surface area contributed by atoms with Crippen LogP contribution in [0.5, 0.6) is 5.75 Å². The average molecular weight is 397 g/mol. The molecule has 0 aliphatic heterocycles. The molecular weight excluding hydrogens is 386 g/mol. The van der Waals surface area contributed by atoms with Gasteiger partial charge in [0.15, 0.2) is 0 Å². The van der Waals surface area contributed by atoms with Gasteiger partial charge >= 0.3 is 0 Å². The lowest BCUT2D eigenvalue weighted by molar-refractivity contribution is 0.415. The third kappa shape index (κ3) is 3.28. The minimum Gasteiger partial charge on any atom is -0.497 e. The molecule has 2 aromatic rings. The molecule has 0 aliphatic carbocycles. The van der Waals surface area contributed by atoms with Gasteiger partial charge in [0.25, 0.3) is 10.0 Å². The second-order valence-electron chi connectivity index (χ2n) is 3.97. The summed E-state index contributed by atoms with van der Waals surface area (Å²) in [4.78, 5) is 0. The minimum atomic E-state index is -3.66. The molecule has 1 aromatic carbocycles. The van der Waals surface area contributed by atoms with E-state index in [9.17, 15) is 8.42 Å². The first-order valence-corrected chi connectivity index (χ1v) is 8.93. The van der Waals surface area contributed by atoms with Gasteiger partial charge in [-0.1, -0.05) is 11.6 Å². The second-order valence-corrected chi connectivity index (χ2v) is 8.66. The highest BCUT2D eigenvalue weighted by Crippen LogP contribution is 2.33. The molecule has 8 heteroatoms. The molecule has 0 spiro atoms. The third-order valence-electron chi connectivity index (χ3n) is 2.52. The summed E-state index contributed by atoms with van der Waals surface area (Å²) in [6.45, 7) is 1.83. The number of hydrogen-bond acceptors (Lipinski definition) is 4. The average Bonchev–Trinajstić information content (AvgIpc) is 2.73. The first kappa shape index (κ1) is 15.6. The number of methoxy groups -OCH3 is 1. The van der Waals surface area contributed by atoms with Crippen molar-refractivity contribution < 1.29 is 13.2 Å². The van der Waals surface area contributed by atoms with Crippen LogP contribution in [0.2, 0.25) is 5.02 Å². The van der Waals surface area contributed by atoms with Crippen LogP contribution in [0, 0.1) is 6.92 Å². The Morgan fingerprint density at radius 1 is 1.35 bits per heavy atom. The van der Waals surface area contributed by atoms with E-state index in [4.69, 9.17) is 16.3 Å². The zero-order valence-corrected chi connectivity index (χ0v) is 14.6. The summed E-state index contributed by atoms with van der Waals surface area (Å²) in [6, 6.07) is 6.38. The Morgan fingerprint density at radius 2 is 2.05 bits per heavy atom. The SMILES string of the molecule is COc1ccc(Cl)c(NS(=O)(=O)c2cc(C)c(Br)s2)c1. The van der Waals surface area contributed by atoms with Gasteiger partial charge in [0.1, 0.15) is 9.96 Å². The molecule has 0 bridgehead atoms. The van der Waals surface area contributed by atoms with E-state index in [1.165, 1.54) is 13.2 Å². The van der Waals surface area contributed by atoms with Crippen LogP contribution in [0.4, 0.5) is 5.69 Å². The predicted molar refractivity (Wildman–Crippen MR) is 85.6 cm³/mol. The molecule has 1 heterocycles. The van der Waals surface area contributed by atoms with Crippen molar-refractivity contribution in [2.75, 3.05) is 11.8 Å². The van der Waals surface area contributed by atoms with E-state index in [-0.39, 0.29) is 9.90 Å². The number of nitrogens with one attached hydrogen (secondary N) is 1. The number of benzene rings is 1. The maximum atomic E-state index is 12.3. The highest BCUT2D eigenvalue weighted by molar-refractivity contribution is 9.11. The van der Waals surface area contributed by atoms with Gasteiger partial charge in [-0.05, 0) is 46.6 Å². The fourth-order valence-corrected chi connectivity index (χ4v) is 4.99. The molecule has 0 aliphatic rings. The molecular formula is C12H11BrClNO3S2. The summed E-state index contributed by atoms with van der Waals surface area (Å²) < 4.78 is 33.1. The highest BCUT2D eigenvalue weighted by Gasteiger charge is 2.19. The highest BCUT2D eigenvalue weighted by atomic mass is 79.9. The van der Waals surface area contributed by atoms with Gasteiger partial charge in [-0.25, -0.2) is 8.42 Å². The first-order chi connectivity index (χ1) is 9.33. The number of ether oxygens (including phenoxy) is 1. The summed E-state index contributed by atoms with van der Waals surface area (Å²) >= 11 is 10.5. The molecule has 0 atom stereocenters. The molecule has 0 amide bonds. The summed E-state index contributed by atoms with van der Waals surface area (Å²) in [7, 11) is -2.16. The van der Waals surface area contributed by atoms with Gasteiger partial charge in [-0.2, -0.15) is 0 Å². The monoisotopic (exact) mass is 395 g/mol. The van der Waals surface area contributed by atoms with E-state index in [0.717, 1.165) is 20.7 Å². The zero-order valence-electron chi connectivity index (χ0n) is 10.6. The number of halogens is 2. The molecule has 1 N–H and O–H groups in total. The fourth-order valence-electron chi connectivity index (χ4n) is 1.47. The van der Waals surface area contributed by atoms with Crippen LogP contribution >= 0.6 is 38.9 Å². The van der Waals surface area contributed by atoms with E-state index >= 15 is 0 Å². The molecule has 20 heavy (non-hydrogen) atoms. The van der Waals surface area contributed by atoms with Crippen LogP contribution in [0.15, 0.2) is 32.3 Å². The summed E-state index contributed by atoms with van der Waals surface area (Å²) in [6.07, 6.45) is 0. The second kappa shape index (κ2) is 5.93. The van der Waals surface area contributed by atoms with Crippen LogP contribution in [0.1, 0.15) is 5.56 Å². The van der Waals surface area contributed by atoms with E-state index in [0.29, 0.717) is 10.8 Å². The van der Waals surface area contributed by atoms with E-state index in [1.807, 2.05) is 6.92 Å². The van der Waals surface area contributed by atoms with E-state index in [1.54, 1.807) is 18.2 Å². The first-order valence-electron chi connectivity index (χ1n) is 5.46. The Balaban J connectivity index is 2.37. The minimum absolute atomic E-state index is 0.223. The maximum absolute atomic E-state index is 12.3. The van der Waals surface area contributed by atoms with Crippen LogP contribution in [0.25, 0.3) is 0 Å². The Hall–Kier alpha value is -0.760. The number of thiophene rings is 1. The smallest absolute Gasteiger partial charge is 0.271 e. The zero-order chi connectivity index (χ0) is 14.9. The molecule has 4 nitrogen and oxygen atoms in total. The van der Waals surface area contributed by atoms with Gasteiger partial charge in [0.2, 0.25) is 0 Å². The van der Waals surface area contributed by atoms with Crippen molar-refractivity contribution in [2.24, 2.45) is 0 Å². The topological polar surface area (TPSA) is 55.4 Å². The Bertz CT molecular complexity index is 724. The van der Waals surface area contributed by atoms with E-state index in [2.05, 4.69) is 20.7 Å². The summed E-state index contributed by atoms with van der Waals surface area (Å²) in [5, 5.41) is 0.307. The molecule has 0 radical (unpaired) electrons. The Kier molecular flexibility index (Phi) is 4.63. The Labute approximate surface area is 134 Å². The molecule has 0 fully saturated rings. The maximum Gasteiger partial charge on any atom is 0.271 e. The lowest BCUT2D eigenvalue weighted by atomic mass is 10.3. The largest absolute Gasteiger partial charge is 0.497 e. The van der Waals surface area contributed by atoms with Crippen molar-refractivity contribution in [3.63, 3.8) is 0 Å². The molecule has 0 unspecified atom stereocenters. The number of anilines is 1. The van der Waals surface area contributed by atoms with Crippen molar-refractivity contribution in [3.8, 4) is 5.75 Å². The van der Waals surface area contributed by atoms with Crippen LogP contribution in [-0.4, -0.2) is 15.5 Å². The fraction of sp³-hybridized carbons (Fsp3) is 0.167. The van der Waals surface area contributed by atoms with Gasteiger partial charge < -0.3 is 4.74 Å². The predicted octanol–water partition coefficient (Wildman–Crippen LogP) is 4.28. The van der Waals surface area contributed by atoms with Gasteiger partial charge in [0, 0.05) is 6.07 Å². The molecule has 0 saturated heterocycles. The summed E-state index contributed by atoms with van der Waals surface area (Å²) in [5.74, 6) is 0.524. The van der Waals surface area contributed by atoms with Crippen LogP contribution in [-0.2, 0) is 10.0 Å². The number of hydrogen-bond donors (Lipinski definition) is 1. The lowest BCUT2D eigenvalue weighted by Crippen LogP contribution is -2.11. The number of aryl methyl sites for hydroxylation is 1. The number of rotatable bonds is 4. The van der Waals surface area contributed by atoms with Crippen LogP contribution in [0.3, 0.4) is 0 Å². The molecule has 2 rings (SSSR count). The standard InChI is InChI=1S/C12H11BrClNO3S2/c1-7-5-11(19-12(7)13)20(16,17)15-10-6-8(18-2)3-4-9(10)14/h3-6,15H,1-2H3. The van der Waals surface area contributed by atoms with Crippen molar-refractivity contribution in [3.05, 3.63) is 38.6 Å². The Morgan fingerprint density at radius 3 is 2.60 bits per heavy atom. The number of sulfonamides is 1. The molecule has 108 valence electrons. The third-order valence-corrected chi connectivity index (χ3v) is 6.82. The lowest BCUT2D eigenvalue weighted by Gasteiger charge is -2.09.